The average Bonchev–Trinajstić information content (AvgIpc) is 2.15. The predicted molar refractivity (Wildman–Crippen MR) is 49.9 cm³/mol. The van der Waals surface area contributed by atoms with E-state index >= 15 is 0 Å². The summed E-state index contributed by atoms with van der Waals surface area (Å²) in [7, 11) is 0. The minimum absolute atomic E-state index is 0.0456. The molecule has 0 heterocycles. The third-order valence-electron chi connectivity index (χ3n) is 1.44. The molecule has 0 fully saturated rings. The summed E-state index contributed by atoms with van der Waals surface area (Å²) in [5.41, 5.74) is 0. The fourth-order valence-corrected chi connectivity index (χ4v) is 0.782. The molecule has 0 amide bonds. The molecule has 0 radical (unpaired) electrons. The quantitative estimate of drug-likeness (QED) is 0.547. The van der Waals surface area contributed by atoms with Crippen LogP contribution in [0.1, 0.15) is 19.8 Å². The summed E-state index contributed by atoms with van der Waals surface area (Å²) in [6, 6.07) is 0. The number of aliphatic hydroxyl groups is 2. The molecule has 88 valence electrons. The van der Waals surface area contributed by atoms with E-state index in [0.29, 0.717) is 0 Å². The molecule has 15 heavy (non-hydrogen) atoms. The highest BCUT2D eigenvalue weighted by Crippen LogP contribution is 1.96. The van der Waals surface area contributed by atoms with E-state index in [2.05, 4.69) is 4.74 Å². The molecule has 6 nitrogen and oxygen atoms in total. The smallest absolute Gasteiger partial charge is 0.308 e. The van der Waals surface area contributed by atoms with Gasteiger partial charge >= 0.3 is 11.9 Å². The molecular formula is C9H16O6. The van der Waals surface area contributed by atoms with Gasteiger partial charge in [-0.1, -0.05) is 0 Å². The number of rotatable bonds is 7. The monoisotopic (exact) mass is 220 g/mol. The topological polar surface area (TPSA) is 93.1 Å². The zero-order valence-electron chi connectivity index (χ0n) is 8.64. The minimum Gasteiger partial charge on any atom is -0.462 e. The molecular weight excluding hydrogens is 204 g/mol. The maximum atomic E-state index is 10.9. The van der Waals surface area contributed by atoms with Gasteiger partial charge in [-0.05, 0) is 6.92 Å². The molecule has 0 aromatic heterocycles. The summed E-state index contributed by atoms with van der Waals surface area (Å²) in [6.45, 7) is 0.991. The zero-order chi connectivity index (χ0) is 11.7. The van der Waals surface area contributed by atoms with Crippen LogP contribution in [-0.2, 0) is 19.1 Å². The van der Waals surface area contributed by atoms with E-state index in [1.165, 1.54) is 0 Å². The number of esters is 2. The summed E-state index contributed by atoms with van der Waals surface area (Å²) in [4.78, 5) is 21.7. The number of hydrogen-bond acceptors (Lipinski definition) is 6. The van der Waals surface area contributed by atoms with Crippen molar-refractivity contribution in [3.8, 4) is 0 Å². The van der Waals surface area contributed by atoms with Gasteiger partial charge in [0, 0.05) is 0 Å². The molecule has 0 aliphatic rings. The van der Waals surface area contributed by atoms with Crippen LogP contribution in [0.25, 0.3) is 0 Å². The van der Waals surface area contributed by atoms with Crippen LogP contribution >= 0.6 is 0 Å². The summed E-state index contributed by atoms with van der Waals surface area (Å²) in [5, 5.41) is 16.8. The summed E-state index contributed by atoms with van der Waals surface area (Å²) < 4.78 is 9.47. The molecule has 0 rings (SSSR count). The number of hydrogen-bond donors (Lipinski definition) is 2. The Hall–Kier alpha value is -1.14. The van der Waals surface area contributed by atoms with Crippen molar-refractivity contribution >= 4 is 11.9 Å². The van der Waals surface area contributed by atoms with E-state index in [4.69, 9.17) is 14.9 Å². The first kappa shape index (κ1) is 13.9. The fraction of sp³-hybridized carbons (Fsp3) is 0.778. The Balaban J connectivity index is 3.60. The Kier molecular flexibility index (Phi) is 7.57. The van der Waals surface area contributed by atoms with Crippen LogP contribution in [0.4, 0.5) is 0 Å². The van der Waals surface area contributed by atoms with Crippen LogP contribution in [0.3, 0.4) is 0 Å². The first-order valence-electron chi connectivity index (χ1n) is 4.67. The Labute approximate surface area is 87.8 Å². The predicted octanol–water partition coefficient (Wildman–Crippen LogP) is -0.774. The van der Waals surface area contributed by atoms with Gasteiger partial charge in [-0.3, -0.25) is 9.59 Å². The number of aliphatic hydroxyl groups excluding tert-OH is 2. The molecule has 0 aliphatic heterocycles. The van der Waals surface area contributed by atoms with Gasteiger partial charge < -0.3 is 19.7 Å². The molecule has 6 heteroatoms. The van der Waals surface area contributed by atoms with Gasteiger partial charge in [0.1, 0.15) is 12.7 Å². The van der Waals surface area contributed by atoms with Gasteiger partial charge in [0.05, 0.1) is 26.1 Å². The average molecular weight is 220 g/mol. The molecule has 0 bridgehead atoms. The van der Waals surface area contributed by atoms with Gasteiger partial charge in [0.2, 0.25) is 0 Å². The second-order valence-electron chi connectivity index (χ2n) is 2.93. The van der Waals surface area contributed by atoms with Crippen molar-refractivity contribution in [2.75, 3.05) is 19.8 Å². The molecule has 0 spiro atoms. The van der Waals surface area contributed by atoms with Crippen LogP contribution < -0.4 is 0 Å². The Bertz CT molecular complexity index is 203. The van der Waals surface area contributed by atoms with Crippen LogP contribution in [-0.4, -0.2) is 48.1 Å². The molecule has 2 N–H and O–H groups in total. The van der Waals surface area contributed by atoms with Gasteiger partial charge in [-0.15, -0.1) is 0 Å². The molecule has 1 unspecified atom stereocenters. The SMILES string of the molecule is CC(COC(=O)CCO)OC(=O)CCO. The lowest BCUT2D eigenvalue weighted by atomic mass is 10.4. The van der Waals surface area contributed by atoms with E-state index < -0.39 is 18.0 Å². The maximum Gasteiger partial charge on any atom is 0.308 e. The van der Waals surface area contributed by atoms with Crippen molar-refractivity contribution in [1.82, 2.24) is 0 Å². The highest BCUT2D eigenvalue weighted by atomic mass is 16.6. The van der Waals surface area contributed by atoms with Crippen molar-refractivity contribution in [1.29, 1.82) is 0 Å². The summed E-state index contributed by atoms with van der Waals surface area (Å²) in [5.74, 6) is -1.08. The van der Waals surface area contributed by atoms with Crippen LogP contribution in [0.2, 0.25) is 0 Å². The van der Waals surface area contributed by atoms with Crippen molar-refractivity contribution in [2.24, 2.45) is 0 Å². The van der Waals surface area contributed by atoms with Crippen LogP contribution in [0, 0.1) is 0 Å². The summed E-state index contributed by atoms with van der Waals surface area (Å²) >= 11 is 0. The Morgan fingerprint density at radius 1 is 1.13 bits per heavy atom. The first-order valence-corrected chi connectivity index (χ1v) is 4.67. The lowest BCUT2D eigenvalue weighted by Crippen LogP contribution is -2.23. The van der Waals surface area contributed by atoms with Crippen LogP contribution in [0.15, 0.2) is 0 Å². The number of ether oxygens (including phenoxy) is 2. The molecule has 0 aromatic carbocycles. The lowest BCUT2D eigenvalue weighted by Gasteiger charge is -2.12. The largest absolute Gasteiger partial charge is 0.462 e. The zero-order valence-corrected chi connectivity index (χ0v) is 8.64. The highest BCUT2D eigenvalue weighted by Gasteiger charge is 2.11. The van der Waals surface area contributed by atoms with E-state index in [0.717, 1.165) is 0 Å². The van der Waals surface area contributed by atoms with Crippen molar-refractivity contribution in [3.63, 3.8) is 0 Å². The van der Waals surface area contributed by atoms with E-state index in [1.807, 2.05) is 0 Å². The standard InChI is InChI=1S/C9H16O6/c1-7(15-9(13)3-5-11)6-14-8(12)2-4-10/h7,10-11H,2-6H2,1H3. The van der Waals surface area contributed by atoms with Gasteiger partial charge in [0.25, 0.3) is 0 Å². The lowest BCUT2D eigenvalue weighted by molar-refractivity contribution is -0.158. The second kappa shape index (κ2) is 8.19. The van der Waals surface area contributed by atoms with Gasteiger partial charge in [0.15, 0.2) is 0 Å². The van der Waals surface area contributed by atoms with E-state index in [1.54, 1.807) is 6.92 Å². The van der Waals surface area contributed by atoms with Gasteiger partial charge in [-0.25, -0.2) is 0 Å². The Morgan fingerprint density at radius 3 is 2.20 bits per heavy atom. The molecule has 0 aromatic rings. The minimum atomic E-state index is -0.549. The molecule has 0 saturated heterocycles. The van der Waals surface area contributed by atoms with Gasteiger partial charge in [-0.2, -0.15) is 0 Å². The molecule has 0 aliphatic carbocycles. The normalized spacial score (nSPS) is 11.9. The van der Waals surface area contributed by atoms with Crippen molar-refractivity contribution in [2.45, 2.75) is 25.9 Å². The highest BCUT2D eigenvalue weighted by molar-refractivity contribution is 5.70. The Morgan fingerprint density at radius 2 is 1.67 bits per heavy atom. The van der Waals surface area contributed by atoms with E-state index in [9.17, 15) is 9.59 Å². The first-order chi connectivity index (χ1) is 7.10. The third kappa shape index (κ3) is 7.90. The second-order valence-corrected chi connectivity index (χ2v) is 2.93. The fourth-order valence-electron chi connectivity index (χ4n) is 0.782. The van der Waals surface area contributed by atoms with E-state index in [-0.39, 0.29) is 32.7 Å². The third-order valence-corrected chi connectivity index (χ3v) is 1.44. The summed E-state index contributed by atoms with van der Waals surface area (Å²) in [6.07, 6.45) is -0.696. The van der Waals surface area contributed by atoms with Crippen molar-refractivity contribution in [3.05, 3.63) is 0 Å². The number of carbonyl (C=O) groups is 2. The van der Waals surface area contributed by atoms with Crippen LogP contribution in [0.5, 0.6) is 0 Å². The maximum absolute atomic E-state index is 10.9. The molecule has 1 atom stereocenters. The molecule has 0 saturated carbocycles. The number of carbonyl (C=O) groups excluding carboxylic acids is 2. The van der Waals surface area contributed by atoms with Crippen molar-refractivity contribution < 1.29 is 29.3 Å².